The Hall–Kier alpha value is -2.91. The van der Waals surface area contributed by atoms with Gasteiger partial charge < -0.3 is 11.1 Å². The second-order valence-corrected chi connectivity index (χ2v) is 6.57. The van der Waals surface area contributed by atoms with Crippen LogP contribution in [0.5, 0.6) is 0 Å². The zero-order valence-corrected chi connectivity index (χ0v) is 15.5. The van der Waals surface area contributed by atoms with E-state index in [1.807, 2.05) is 25.1 Å². The van der Waals surface area contributed by atoms with Crippen LogP contribution in [0.25, 0.3) is 10.6 Å². The summed E-state index contributed by atoms with van der Waals surface area (Å²) >= 11 is 6.45. The number of carbonyl (C=O) groups is 1. The molecule has 0 spiro atoms. The van der Waals surface area contributed by atoms with Crippen LogP contribution in [-0.4, -0.2) is 26.0 Å². The summed E-state index contributed by atoms with van der Waals surface area (Å²) in [6.07, 6.45) is 4.14. The Morgan fingerprint density at radius 1 is 1.19 bits per heavy atom. The summed E-state index contributed by atoms with van der Waals surface area (Å²) < 4.78 is 0. The summed E-state index contributed by atoms with van der Waals surface area (Å²) in [7, 11) is 0. The van der Waals surface area contributed by atoms with E-state index in [9.17, 15) is 4.79 Å². The number of aryl methyl sites for hydroxylation is 1. The van der Waals surface area contributed by atoms with Gasteiger partial charge in [-0.3, -0.25) is 10.3 Å². The summed E-state index contributed by atoms with van der Waals surface area (Å²) in [5.41, 5.74) is 8.35. The number of anilines is 2. The van der Waals surface area contributed by atoms with Crippen molar-refractivity contribution in [1.29, 1.82) is 0 Å². The lowest BCUT2D eigenvalue weighted by molar-refractivity contribution is 0.262. The van der Waals surface area contributed by atoms with E-state index in [2.05, 4.69) is 25.6 Å². The van der Waals surface area contributed by atoms with E-state index in [-0.39, 0.29) is 4.99 Å². The van der Waals surface area contributed by atoms with Gasteiger partial charge in [-0.15, -0.1) is 11.3 Å². The number of pyridine rings is 2. The molecule has 0 radical (unpaired) electrons. The first-order chi connectivity index (χ1) is 12.6. The van der Waals surface area contributed by atoms with Gasteiger partial charge in [0.15, 0.2) is 0 Å². The number of thiazole rings is 1. The van der Waals surface area contributed by atoms with Crippen LogP contribution in [0.3, 0.4) is 0 Å². The molecular weight excluding hydrogens is 368 g/mol. The third kappa shape index (κ3) is 4.19. The van der Waals surface area contributed by atoms with Crippen LogP contribution in [-0.2, 0) is 6.42 Å². The third-order valence-corrected chi connectivity index (χ3v) is 4.55. The van der Waals surface area contributed by atoms with E-state index in [0.717, 1.165) is 22.7 Å². The van der Waals surface area contributed by atoms with Gasteiger partial charge in [-0.1, -0.05) is 19.1 Å². The minimum atomic E-state index is -0.444. The monoisotopic (exact) mass is 384 g/mol. The summed E-state index contributed by atoms with van der Waals surface area (Å²) in [4.78, 5) is 25.2. The molecule has 0 aliphatic carbocycles. The molecule has 0 saturated carbocycles. The summed E-state index contributed by atoms with van der Waals surface area (Å²) in [6, 6.07) is 6.83. The van der Waals surface area contributed by atoms with Gasteiger partial charge in [0.05, 0.1) is 5.69 Å². The van der Waals surface area contributed by atoms with Gasteiger partial charge in [-0.05, 0) is 30.7 Å². The van der Waals surface area contributed by atoms with Crippen LogP contribution in [0, 0.1) is 0 Å². The average Bonchev–Trinajstić information content (AvgIpc) is 3.11. The molecule has 0 atom stereocenters. The Balaban J connectivity index is 1.72. The highest BCUT2D eigenvalue weighted by molar-refractivity contribution is 7.80. The van der Waals surface area contributed by atoms with Gasteiger partial charge in [-0.2, -0.15) is 0 Å². The van der Waals surface area contributed by atoms with E-state index in [1.54, 1.807) is 23.8 Å². The quantitative estimate of drug-likeness (QED) is 0.582. The van der Waals surface area contributed by atoms with Crippen LogP contribution >= 0.6 is 23.6 Å². The number of carbonyl (C=O) groups excluding carboxylic acids is 1. The van der Waals surface area contributed by atoms with E-state index >= 15 is 0 Å². The molecule has 0 unspecified atom stereocenters. The standard InChI is InChI=1S/C17H16N6OS2/c1-2-11-3-4-12(14(20-11)15(18)25)21-17(24)23-13-9-26-16(22-13)10-5-7-19-8-6-10/h3-9H,2H2,1H3,(H2,18,25)(H2,21,23,24). The van der Waals surface area contributed by atoms with E-state index in [0.29, 0.717) is 17.2 Å². The number of nitrogens with zero attached hydrogens (tertiary/aromatic N) is 3. The molecule has 132 valence electrons. The van der Waals surface area contributed by atoms with E-state index in [1.165, 1.54) is 11.3 Å². The molecule has 0 aliphatic heterocycles. The van der Waals surface area contributed by atoms with Crippen molar-refractivity contribution in [2.75, 3.05) is 10.6 Å². The van der Waals surface area contributed by atoms with Crippen molar-refractivity contribution in [3.8, 4) is 10.6 Å². The highest BCUT2D eigenvalue weighted by atomic mass is 32.1. The summed E-state index contributed by atoms with van der Waals surface area (Å²) in [6.45, 7) is 1.98. The van der Waals surface area contributed by atoms with Crippen molar-refractivity contribution in [3.05, 3.63) is 53.4 Å². The van der Waals surface area contributed by atoms with Crippen LogP contribution in [0.2, 0.25) is 0 Å². The first-order valence-corrected chi connectivity index (χ1v) is 9.09. The Bertz CT molecular complexity index is 941. The number of nitrogens with two attached hydrogens (primary N) is 1. The number of amides is 2. The van der Waals surface area contributed by atoms with Crippen LogP contribution < -0.4 is 16.4 Å². The molecule has 0 fully saturated rings. The fraction of sp³-hybridized carbons (Fsp3) is 0.118. The third-order valence-electron chi connectivity index (χ3n) is 3.47. The molecular formula is C17H16N6OS2. The first kappa shape index (κ1) is 17.9. The fourth-order valence-electron chi connectivity index (χ4n) is 2.21. The highest BCUT2D eigenvalue weighted by Gasteiger charge is 2.13. The molecule has 3 aromatic rings. The highest BCUT2D eigenvalue weighted by Crippen LogP contribution is 2.25. The molecule has 0 aromatic carbocycles. The predicted octanol–water partition coefficient (Wildman–Crippen LogP) is 3.44. The van der Waals surface area contributed by atoms with Gasteiger partial charge in [0.25, 0.3) is 0 Å². The Morgan fingerprint density at radius 3 is 2.65 bits per heavy atom. The maximum absolute atomic E-state index is 12.3. The lowest BCUT2D eigenvalue weighted by Crippen LogP contribution is -2.23. The topological polar surface area (TPSA) is 106 Å². The maximum atomic E-state index is 12.3. The van der Waals surface area contributed by atoms with E-state index in [4.69, 9.17) is 18.0 Å². The van der Waals surface area contributed by atoms with Gasteiger partial charge in [-0.25, -0.2) is 14.8 Å². The van der Waals surface area contributed by atoms with Crippen molar-refractivity contribution in [2.45, 2.75) is 13.3 Å². The molecule has 9 heteroatoms. The Kier molecular flexibility index (Phi) is 5.49. The van der Waals surface area contributed by atoms with Crippen molar-refractivity contribution < 1.29 is 4.79 Å². The lowest BCUT2D eigenvalue weighted by atomic mass is 10.2. The van der Waals surface area contributed by atoms with Gasteiger partial charge >= 0.3 is 6.03 Å². The molecule has 2 amide bonds. The molecule has 0 saturated heterocycles. The SMILES string of the molecule is CCc1ccc(NC(=O)Nc2csc(-c3ccncc3)n2)c(C(N)=S)n1. The molecule has 0 bridgehead atoms. The number of aromatic nitrogens is 3. The second-order valence-electron chi connectivity index (χ2n) is 5.27. The summed E-state index contributed by atoms with van der Waals surface area (Å²) in [5, 5.41) is 7.97. The molecule has 0 aliphatic rings. The maximum Gasteiger partial charge on any atom is 0.324 e. The van der Waals surface area contributed by atoms with Crippen molar-refractivity contribution >= 4 is 46.1 Å². The average molecular weight is 384 g/mol. The van der Waals surface area contributed by atoms with Crippen molar-refractivity contribution in [1.82, 2.24) is 15.0 Å². The minimum absolute atomic E-state index is 0.129. The molecule has 3 aromatic heterocycles. The number of hydrogen-bond acceptors (Lipinski definition) is 6. The smallest absolute Gasteiger partial charge is 0.324 e. The zero-order valence-electron chi connectivity index (χ0n) is 13.9. The normalized spacial score (nSPS) is 10.3. The van der Waals surface area contributed by atoms with Gasteiger partial charge in [0.2, 0.25) is 0 Å². The molecule has 3 heterocycles. The summed E-state index contributed by atoms with van der Waals surface area (Å²) in [5.74, 6) is 0.453. The van der Waals surface area contributed by atoms with E-state index < -0.39 is 6.03 Å². The molecule has 26 heavy (non-hydrogen) atoms. The first-order valence-electron chi connectivity index (χ1n) is 7.80. The van der Waals surface area contributed by atoms with Gasteiger partial charge in [0.1, 0.15) is 21.5 Å². The molecule has 3 rings (SSSR count). The number of nitrogens with one attached hydrogen (secondary N) is 2. The molecule has 7 nitrogen and oxygen atoms in total. The largest absolute Gasteiger partial charge is 0.388 e. The Labute approximate surface area is 159 Å². The predicted molar refractivity (Wildman–Crippen MR) is 107 cm³/mol. The second kappa shape index (κ2) is 7.98. The van der Waals surface area contributed by atoms with Crippen molar-refractivity contribution in [3.63, 3.8) is 0 Å². The van der Waals surface area contributed by atoms with Crippen LogP contribution in [0.15, 0.2) is 42.0 Å². The fourth-order valence-corrected chi connectivity index (χ4v) is 3.13. The number of rotatable bonds is 5. The zero-order chi connectivity index (χ0) is 18.5. The van der Waals surface area contributed by atoms with Crippen LogP contribution in [0.4, 0.5) is 16.3 Å². The number of urea groups is 1. The van der Waals surface area contributed by atoms with Crippen LogP contribution in [0.1, 0.15) is 18.3 Å². The number of hydrogen-bond donors (Lipinski definition) is 3. The lowest BCUT2D eigenvalue weighted by Gasteiger charge is -2.11. The van der Waals surface area contributed by atoms with Gasteiger partial charge in [0, 0.05) is 29.0 Å². The molecule has 4 N–H and O–H groups in total. The van der Waals surface area contributed by atoms with Crippen molar-refractivity contribution in [2.24, 2.45) is 5.73 Å². The minimum Gasteiger partial charge on any atom is -0.388 e. The number of thiocarbonyl (C=S) groups is 1. The Morgan fingerprint density at radius 2 is 1.96 bits per heavy atom.